The van der Waals surface area contributed by atoms with Gasteiger partial charge in [0.05, 0.1) is 11.9 Å². The highest BCUT2D eigenvalue weighted by atomic mass is 16.1. The minimum Gasteiger partial charge on any atom is -0.319 e. The van der Waals surface area contributed by atoms with Crippen molar-refractivity contribution in [1.29, 1.82) is 0 Å². The number of aromatic nitrogens is 6. The Bertz CT molecular complexity index is 805. The molecular weight excluding hydrogens is 282 g/mol. The lowest BCUT2D eigenvalue weighted by molar-refractivity contribution is 0.102. The maximum Gasteiger partial charge on any atom is 0.255 e. The van der Waals surface area contributed by atoms with Crippen LogP contribution in [0.25, 0.3) is 11.4 Å². The van der Waals surface area contributed by atoms with Gasteiger partial charge in [0, 0.05) is 30.9 Å². The number of carbonyl (C=O) groups is 1. The van der Waals surface area contributed by atoms with Crippen molar-refractivity contribution < 1.29 is 4.79 Å². The molecule has 0 aliphatic carbocycles. The first-order chi connectivity index (χ1) is 10.7. The molecule has 2 heterocycles. The topological polar surface area (TPSA) is 90.5 Å². The maximum absolute atomic E-state index is 12.3. The van der Waals surface area contributed by atoms with Crippen LogP contribution < -0.4 is 5.32 Å². The molecule has 0 saturated carbocycles. The SMILES string of the molecule is CCn1nnnc1-c1cccc(C(=O)Nc2cnn(C)c2)c1. The first kappa shape index (κ1) is 13.9. The van der Waals surface area contributed by atoms with E-state index in [1.807, 2.05) is 19.1 Å². The van der Waals surface area contributed by atoms with Gasteiger partial charge < -0.3 is 5.32 Å². The van der Waals surface area contributed by atoms with Crippen LogP contribution >= 0.6 is 0 Å². The molecule has 0 aliphatic heterocycles. The summed E-state index contributed by atoms with van der Waals surface area (Å²) in [6.45, 7) is 2.62. The van der Waals surface area contributed by atoms with Crippen LogP contribution in [0.1, 0.15) is 17.3 Å². The van der Waals surface area contributed by atoms with Gasteiger partial charge >= 0.3 is 0 Å². The lowest BCUT2D eigenvalue weighted by Crippen LogP contribution is -2.11. The Labute approximate surface area is 126 Å². The van der Waals surface area contributed by atoms with Crippen molar-refractivity contribution in [1.82, 2.24) is 30.0 Å². The minimum atomic E-state index is -0.203. The summed E-state index contributed by atoms with van der Waals surface area (Å²) >= 11 is 0. The summed E-state index contributed by atoms with van der Waals surface area (Å²) in [5.74, 6) is 0.434. The second kappa shape index (κ2) is 5.76. The van der Waals surface area contributed by atoms with Crippen molar-refractivity contribution in [2.75, 3.05) is 5.32 Å². The zero-order chi connectivity index (χ0) is 15.5. The van der Waals surface area contributed by atoms with E-state index in [-0.39, 0.29) is 5.91 Å². The van der Waals surface area contributed by atoms with E-state index in [0.29, 0.717) is 23.6 Å². The number of nitrogens with one attached hydrogen (secondary N) is 1. The summed E-state index contributed by atoms with van der Waals surface area (Å²) in [6, 6.07) is 7.19. The van der Waals surface area contributed by atoms with Crippen LogP contribution in [-0.4, -0.2) is 35.9 Å². The smallest absolute Gasteiger partial charge is 0.255 e. The van der Waals surface area contributed by atoms with Crippen LogP contribution in [-0.2, 0) is 13.6 Å². The van der Waals surface area contributed by atoms with Crippen LogP contribution in [0.15, 0.2) is 36.7 Å². The quantitative estimate of drug-likeness (QED) is 0.785. The molecule has 0 radical (unpaired) electrons. The Hall–Kier alpha value is -3.03. The van der Waals surface area contributed by atoms with E-state index < -0.39 is 0 Å². The standard InChI is InChI=1S/C14H15N7O/c1-3-21-13(17-18-19-21)10-5-4-6-11(7-10)14(22)16-12-8-15-20(2)9-12/h4-9H,3H2,1-2H3,(H,16,22). The fraction of sp³-hybridized carbons (Fsp3) is 0.214. The fourth-order valence-corrected chi connectivity index (χ4v) is 2.11. The molecule has 1 N–H and O–H groups in total. The van der Waals surface area contributed by atoms with E-state index in [1.54, 1.807) is 40.9 Å². The normalized spacial score (nSPS) is 10.6. The molecule has 1 aromatic carbocycles. The molecule has 8 heteroatoms. The van der Waals surface area contributed by atoms with Gasteiger partial charge in [-0.05, 0) is 29.5 Å². The molecular formula is C14H15N7O. The predicted molar refractivity (Wildman–Crippen MR) is 80.1 cm³/mol. The van der Waals surface area contributed by atoms with Gasteiger partial charge in [-0.25, -0.2) is 4.68 Å². The number of rotatable bonds is 4. The number of hydrogen-bond donors (Lipinski definition) is 1. The van der Waals surface area contributed by atoms with Crippen molar-refractivity contribution in [2.45, 2.75) is 13.5 Å². The monoisotopic (exact) mass is 297 g/mol. The first-order valence-corrected chi connectivity index (χ1v) is 6.84. The highest BCUT2D eigenvalue weighted by Crippen LogP contribution is 2.18. The summed E-state index contributed by atoms with van der Waals surface area (Å²) in [6.07, 6.45) is 3.33. The van der Waals surface area contributed by atoms with Crippen molar-refractivity contribution >= 4 is 11.6 Å². The van der Waals surface area contributed by atoms with Gasteiger partial charge in [0.25, 0.3) is 5.91 Å². The Balaban J connectivity index is 1.86. The highest BCUT2D eigenvalue weighted by molar-refractivity contribution is 6.04. The number of amides is 1. The van der Waals surface area contributed by atoms with Crippen molar-refractivity contribution in [3.05, 3.63) is 42.2 Å². The maximum atomic E-state index is 12.3. The Kier molecular flexibility index (Phi) is 3.65. The zero-order valence-corrected chi connectivity index (χ0v) is 12.3. The van der Waals surface area contributed by atoms with Crippen molar-refractivity contribution in [2.24, 2.45) is 7.05 Å². The average molecular weight is 297 g/mol. The Morgan fingerprint density at radius 2 is 2.23 bits per heavy atom. The van der Waals surface area contributed by atoms with Gasteiger partial charge in [-0.15, -0.1) is 5.10 Å². The molecule has 1 amide bonds. The van der Waals surface area contributed by atoms with Gasteiger partial charge in [-0.3, -0.25) is 9.48 Å². The van der Waals surface area contributed by atoms with Crippen molar-refractivity contribution in [3.8, 4) is 11.4 Å². The lowest BCUT2D eigenvalue weighted by atomic mass is 10.1. The zero-order valence-electron chi connectivity index (χ0n) is 12.3. The van der Waals surface area contributed by atoms with Gasteiger partial charge in [0.1, 0.15) is 0 Å². The van der Waals surface area contributed by atoms with Gasteiger partial charge in [-0.1, -0.05) is 12.1 Å². The van der Waals surface area contributed by atoms with E-state index >= 15 is 0 Å². The second-order valence-corrected chi connectivity index (χ2v) is 4.76. The van der Waals surface area contributed by atoms with Crippen LogP contribution in [0, 0.1) is 0 Å². The summed E-state index contributed by atoms with van der Waals surface area (Å²) in [5, 5.41) is 18.4. The molecule has 3 aromatic rings. The molecule has 0 atom stereocenters. The van der Waals surface area contributed by atoms with Gasteiger partial charge in [0.15, 0.2) is 5.82 Å². The third-order valence-electron chi connectivity index (χ3n) is 3.18. The Morgan fingerprint density at radius 3 is 2.95 bits per heavy atom. The first-order valence-electron chi connectivity index (χ1n) is 6.84. The molecule has 0 spiro atoms. The highest BCUT2D eigenvalue weighted by Gasteiger charge is 2.12. The van der Waals surface area contributed by atoms with Gasteiger partial charge in [-0.2, -0.15) is 5.10 Å². The number of aryl methyl sites for hydroxylation is 2. The summed E-state index contributed by atoms with van der Waals surface area (Å²) < 4.78 is 3.31. The van der Waals surface area contributed by atoms with E-state index in [9.17, 15) is 4.79 Å². The van der Waals surface area contributed by atoms with Crippen LogP contribution in [0.4, 0.5) is 5.69 Å². The molecule has 0 unspecified atom stereocenters. The third kappa shape index (κ3) is 2.71. The van der Waals surface area contributed by atoms with E-state index in [0.717, 1.165) is 5.56 Å². The number of nitrogens with zero attached hydrogens (tertiary/aromatic N) is 6. The second-order valence-electron chi connectivity index (χ2n) is 4.76. The molecule has 22 heavy (non-hydrogen) atoms. The summed E-state index contributed by atoms with van der Waals surface area (Å²) in [4.78, 5) is 12.3. The molecule has 3 rings (SSSR count). The predicted octanol–water partition coefficient (Wildman–Crippen LogP) is 1.35. The van der Waals surface area contributed by atoms with E-state index in [2.05, 4.69) is 25.9 Å². The number of hydrogen-bond acceptors (Lipinski definition) is 5. The minimum absolute atomic E-state index is 0.203. The summed E-state index contributed by atoms with van der Waals surface area (Å²) in [5.41, 5.74) is 1.98. The molecule has 2 aromatic heterocycles. The molecule has 0 saturated heterocycles. The molecule has 8 nitrogen and oxygen atoms in total. The van der Waals surface area contributed by atoms with Crippen molar-refractivity contribution in [3.63, 3.8) is 0 Å². The summed E-state index contributed by atoms with van der Waals surface area (Å²) in [7, 11) is 1.79. The largest absolute Gasteiger partial charge is 0.319 e. The number of carbonyl (C=O) groups excluding carboxylic acids is 1. The Morgan fingerprint density at radius 1 is 1.36 bits per heavy atom. The number of tetrazole rings is 1. The number of anilines is 1. The molecule has 0 fully saturated rings. The average Bonchev–Trinajstić information content (AvgIpc) is 3.16. The molecule has 112 valence electrons. The van der Waals surface area contributed by atoms with Crippen LogP contribution in [0.3, 0.4) is 0 Å². The molecule has 0 aliphatic rings. The fourth-order valence-electron chi connectivity index (χ4n) is 2.11. The third-order valence-corrected chi connectivity index (χ3v) is 3.18. The van der Waals surface area contributed by atoms with Crippen LogP contribution in [0.2, 0.25) is 0 Å². The van der Waals surface area contributed by atoms with Crippen LogP contribution in [0.5, 0.6) is 0 Å². The number of benzene rings is 1. The van der Waals surface area contributed by atoms with E-state index in [1.165, 1.54) is 0 Å². The van der Waals surface area contributed by atoms with E-state index in [4.69, 9.17) is 0 Å². The van der Waals surface area contributed by atoms with Gasteiger partial charge in [0.2, 0.25) is 0 Å². The lowest BCUT2D eigenvalue weighted by Gasteiger charge is -2.05. The molecule has 0 bridgehead atoms.